The van der Waals surface area contributed by atoms with E-state index in [9.17, 15) is 22.4 Å². The Hall–Kier alpha value is -3.51. The van der Waals surface area contributed by atoms with E-state index in [1.54, 1.807) is 18.2 Å². The summed E-state index contributed by atoms with van der Waals surface area (Å²) < 4.78 is 66.9. The van der Waals surface area contributed by atoms with E-state index in [4.69, 9.17) is 16.6 Å². The number of anilines is 1. The Morgan fingerprint density at radius 1 is 1.06 bits per heavy atom. The summed E-state index contributed by atoms with van der Waals surface area (Å²) in [6, 6.07) is 12.1. The van der Waals surface area contributed by atoms with Crippen molar-refractivity contribution in [2.75, 3.05) is 12.4 Å². The molecule has 1 heterocycles. The van der Waals surface area contributed by atoms with Crippen molar-refractivity contribution in [3.05, 3.63) is 75.8 Å². The van der Waals surface area contributed by atoms with Crippen LogP contribution < -0.4 is 15.4 Å². The highest BCUT2D eigenvalue weighted by atomic mass is 79.9. The van der Waals surface area contributed by atoms with Crippen LogP contribution in [0.1, 0.15) is 10.4 Å². The molecule has 34 heavy (non-hydrogen) atoms. The molecule has 4 rings (SSSR count). The number of benzene rings is 3. The second kappa shape index (κ2) is 9.39. The zero-order valence-corrected chi connectivity index (χ0v) is 19.4. The van der Waals surface area contributed by atoms with E-state index in [2.05, 4.69) is 31.0 Å². The van der Waals surface area contributed by atoms with Crippen LogP contribution in [-0.2, 0) is 0 Å². The molecular weight excluding hydrogens is 542 g/mol. The van der Waals surface area contributed by atoms with Crippen LogP contribution in [0.15, 0.2) is 51.4 Å². The van der Waals surface area contributed by atoms with Crippen LogP contribution in [0.25, 0.3) is 22.6 Å². The first kappa shape index (κ1) is 23.6. The number of thiocarbonyl (C=S) groups is 1. The second-order valence-corrected chi connectivity index (χ2v) is 8.02. The molecule has 6 nitrogen and oxygen atoms in total. The smallest absolute Gasteiger partial charge is 0.263 e. The zero-order valence-electron chi connectivity index (χ0n) is 17.0. The van der Waals surface area contributed by atoms with Gasteiger partial charge in [0.15, 0.2) is 28.1 Å². The molecule has 0 radical (unpaired) electrons. The third-order valence-corrected chi connectivity index (χ3v) is 5.53. The molecule has 0 bridgehead atoms. The molecule has 1 aromatic heterocycles. The molecular formula is C22H12BrF4N3O3S. The van der Waals surface area contributed by atoms with Crippen molar-refractivity contribution in [2.45, 2.75) is 0 Å². The third-order valence-electron chi connectivity index (χ3n) is 4.63. The van der Waals surface area contributed by atoms with E-state index in [0.29, 0.717) is 22.7 Å². The van der Waals surface area contributed by atoms with E-state index < -0.39 is 40.5 Å². The summed E-state index contributed by atoms with van der Waals surface area (Å²) in [6.07, 6.45) is 0. The Morgan fingerprint density at radius 2 is 1.74 bits per heavy atom. The molecule has 1 amide bonds. The Balaban J connectivity index is 1.54. The lowest BCUT2D eigenvalue weighted by atomic mass is 10.1. The van der Waals surface area contributed by atoms with Crippen LogP contribution in [0, 0.1) is 23.3 Å². The van der Waals surface area contributed by atoms with Gasteiger partial charge in [-0.2, -0.15) is 8.78 Å². The van der Waals surface area contributed by atoms with Gasteiger partial charge in [0.1, 0.15) is 11.1 Å². The average molecular weight is 554 g/mol. The number of hydrogen-bond acceptors (Lipinski definition) is 5. The average Bonchev–Trinajstić information content (AvgIpc) is 3.21. The fourth-order valence-corrected chi connectivity index (χ4v) is 3.74. The van der Waals surface area contributed by atoms with Gasteiger partial charge in [-0.25, -0.2) is 13.8 Å². The highest BCUT2D eigenvalue weighted by Crippen LogP contribution is 2.31. The minimum atomic E-state index is -1.92. The fraction of sp³-hybridized carbons (Fsp3) is 0.0455. The van der Waals surface area contributed by atoms with Crippen LogP contribution in [0.5, 0.6) is 5.75 Å². The summed E-state index contributed by atoms with van der Waals surface area (Å²) in [5, 5.41) is 4.24. The molecule has 0 saturated heterocycles. The Morgan fingerprint density at radius 3 is 2.38 bits per heavy atom. The molecule has 0 fully saturated rings. The number of aromatic nitrogens is 1. The van der Waals surface area contributed by atoms with Crippen molar-refractivity contribution in [3.63, 3.8) is 0 Å². The number of hydrogen-bond donors (Lipinski definition) is 2. The maximum absolute atomic E-state index is 14.2. The lowest BCUT2D eigenvalue weighted by Crippen LogP contribution is -2.35. The summed E-state index contributed by atoms with van der Waals surface area (Å²) in [5.74, 6) is -9.93. The lowest BCUT2D eigenvalue weighted by molar-refractivity contribution is 0.0966. The van der Waals surface area contributed by atoms with Gasteiger partial charge in [-0.3, -0.25) is 10.1 Å². The van der Waals surface area contributed by atoms with E-state index in [0.717, 1.165) is 17.1 Å². The van der Waals surface area contributed by atoms with Crippen molar-refractivity contribution < 1.29 is 31.5 Å². The Labute approximate surface area is 203 Å². The standard InChI is InChI=1S/C22H12BrF4N3O3S/c1-32-19-17(26)15(24)14(16(25)18(19)27)20(31)30-22(34)28-9-6-7-13-12(8-9)29-21(33-13)10-4-2-3-5-11(10)23/h2-8H,1H3,(H2,28,30,31,34). The van der Waals surface area contributed by atoms with E-state index in [1.807, 2.05) is 29.6 Å². The maximum atomic E-state index is 14.2. The van der Waals surface area contributed by atoms with E-state index >= 15 is 0 Å². The van der Waals surface area contributed by atoms with Crippen LogP contribution >= 0.6 is 28.1 Å². The van der Waals surface area contributed by atoms with Crippen molar-refractivity contribution in [1.29, 1.82) is 0 Å². The first-order chi connectivity index (χ1) is 16.2. The van der Waals surface area contributed by atoms with Gasteiger partial charge < -0.3 is 14.5 Å². The first-order valence-corrected chi connectivity index (χ1v) is 10.6. The number of halogens is 5. The van der Waals surface area contributed by atoms with E-state index in [1.165, 1.54) is 0 Å². The SMILES string of the molecule is COc1c(F)c(F)c(C(=O)NC(=S)Nc2ccc3oc(-c4ccccc4Br)nc3c2)c(F)c1F. The number of rotatable bonds is 4. The molecule has 174 valence electrons. The minimum Gasteiger partial charge on any atom is -0.491 e. The van der Waals surface area contributed by atoms with Gasteiger partial charge in [0, 0.05) is 10.2 Å². The summed E-state index contributed by atoms with van der Waals surface area (Å²) in [6.45, 7) is 0. The monoisotopic (exact) mass is 553 g/mol. The molecule has 0 atom stereocenters. The number of fused-ring (bicyclic) bond motifs is 1. The predicted octanol–water partition coefficient (Wildman–Crippen LogP) is 5.95. The van der Waals surface area contributed by atoms with Crippen LogP contribution in [0.2, 0.25) is 0 Å². The van der Waals surface area contributed by atoms with Gasteiger partial charge in [-0.15, -0.1) is 0 Å². The number of methoxy groups -OCH3 is 1. The third kappa shape index (κ3) is 4.33. The molecule has 0 saturated carbocycles. The lowest BCUT2D eigenvalue weighted by Gasteiger charge is -2.12. The molecule has 0 aliphatic rings. The molecule has 3 aromatic carbocycles. The Kier molecular flexibility index (Phi) is 6.53. The number of amides is 1. The number of carbonyl (C=O) groups excluding carboxylic acids is 1. The van der Waals surface area contributed by atoms with Crippen molar-refractivity contribution in [2.24, 2.45) is 0 Å². The highest BCUT2D eigenvalue weighted by Gasteiger charge is 2.30. The van der Waals surface area contributed by atoms with Crippen LogP contribution in [0.4, 0.5) is 23.2 Å². The molecule has 12 heteroatoms. The highest BCUT2D eigenvalue weighted by molar-refractivity contribution is 9.10. The van der Waals surface area contributed by atoms with Gasteiger partial charge >= 0.3 is 0 Å². The summed E-state index contributed by atoms with van der Waals surface area (Å²) >= 11 is 8.41. The van der Waals surface area contributed by atoms with Gasteiger partial charge in [0.25, 0.3) is 5.91 Å². The molecule has 0 aliphatic heterocycles. The number of oxazole rings is 1. The van der Waals surface area contributed by atoms with Gasteiger partial charge in [0.05, 0.1) is 12.7 Å². The number of nitrogens with zero attached hydrogens (tertiary/aromatic N) is 1. The minimum absolute atomic E-state index is 0.359. The number of nitrogens with one attached hydrogen (secondary N) is 2. The summed E-state index contributed by atoms with van der Waals surface area (Å²) in [5.41, 5.74) is 0.544. The quantitative estimate of drug-likeness (QED) is 0.185. The van der Waals surface area contributed by atoms with Crippen molar-refractivity contribution >= 4 is 56.0 Å². The Bertz CT molecular complexity index is 1430. The van der Waals surface area contributed by atoms with Crippen LogP contribution in [-0.4, -0.2) is 23.1 Å². The molecule has 4 aromatic rings. The molecule has 2 N–H and O–H groups in total. The van der Waals surface area contributed by atoms with Gasteiger partial charge in [-0.05, 0) is 58.5 Å². The predicted molar refractivity (Wildman–Crippen MR) is 124 cm³/mol. The summed E-state index contributed by atoms with van der Waals surface area (Å²) in [4.78, 5) is 16.7. The first-order valence-electron chi connectivity index (χ1n) is 9.39. The molecule has 0 aliphatic carbocycles. The van der Waals surface area contributed by atoms with Crippen molar-refractivity contribution in [3.8, 4) is 17.2 Å². The second-order valence-electron chi connectivity index (χ2n) is 6.75. The molecule has 0 spiro atoms. The largest absolute Gasteiger partial charge is 0.491 e. The van der Waals surface area contributed by atoms with Gasteiger partial charge in [0.2, 0.25) is 17.5 Å². The number of carbonyl (C=O) groups is 1. The number of ether oxygens (including phenoxy) is 1. The van der Waals surface area contributed by atoms with Gasteiger partial charge in [-0.1, -0.05) is 12.1 Å². The maximum Gasteiger partial charge on any atom is 0.263 e. The fourth-order valence-electron chi connectivity index (χ4n) is 3.07. The molecule has 0 unspecified atom stereocenters. The summed E-state index contributed by atoms with van der Waals surface area (Å²) in [7, 11) is 0.826. The van der Waals surface area contributed by atoms with Crippen LogP contribution in [0.3, 0.4) is 0 Å². The zero-order chi connectivity index (χ0) is 24.6. The van der Waals surface area contributed by atoms with Crippen molar-refractivity contribution in [1.82, 2.24) is 10.3 Å². The topological polar surface area (TPSA) is 76.4 Å². The van der Waals surface area contributed by atoms with E-state index in [-0.39, 0.29) is 5.11 Å². The normalized spacial score (nSPS) is 10.9.